The number of hydrogen-bond acceptors (Lipinski definition) is 3. The molecule has 1 N–H and O–H groups in total. The predicted molar refractivity (Wildman–Crippen MR) is 66.2 cm³/mol. The van der Waals surface area contributed by atoms with E-state index in [2.05, 4.69) is 41.6 Å². The van der Waals surface area contributed by atoms with Gasteiger partial charge in [0, 0.05) is 10.1 Å². The summed E-state index contributed by atoms with van der Waals surface area (Å²) in [6, 6.07) is 4.97. The van der Waals surface area contributed by atoms with E-state index in [1.165, 1.54) is 29.9 Å². The third-order valence-electron chi connectivity index (χ3n) is 2.75. The fraction of sp³-hybridized carbons (Fsp3) is 0.636. The van der Waals surface area contributed by atoms with Crippen LogP contribution in [-0.2, 0) is 0 Å². The highest BCUT2D eigenvalue weighted by Crippen LogP contribution is 2.35. The van der Waals surface area contributed by atoms with Crippen molar-refractivity contribution in [2.75, 3.05) is 12.8 Å². The molecule has 1 aliphatic heterocycles. The Bertz CT molecular complexity index is 252. The van der Waals surface area contributed by atoms with Crippen LogP contribution in [0.25, 0.3) is 0 Å². The van der Waals surface area contributed by atoms with Crippen molar-refractivity contribution in [1.29, 1.82) is 0 Å². The quantitative estimate of drug-likeness (QED) is 0.850. The van der Waals surface area contributed by atoms with Crippen molar-refractivity contribution < 1.29 is 0 Å². The Hall–Kier alpha value is 0.01000. The normalized spacial score (nSPS) is 24.8. The largest absolute Gasteiger partial charge is 0.311 e. The lowest BCUT2D eigenvalue weighted by Gasteiger charge is -2.28. The molecule has 2 rings (SSSR count). The van der Waals surface area contributed by atoms with E-state index in [0.717, 1.165) is 5.25 Å². The van der Waals surface area contributed by atoms with Crippen LogP contribution in [0.15, 0.2) is 17.5 Å². The Labute approximate surface area is 94.3 Å². The van der Waals surface area contributed by atoms with E-state index in [1.54, 1.807) is 0 Å². The van der Waals surface area contributed by atoms with E-state index in [-0.39, 0.29) is 0 Å². The van der Waals surface area contributed by atoms with Crippen LogP contribution in [0.5, 0.6) is 0 Å². The van der Waals surface area contributed by atoms with Gasteiger partial charge in [0.05, 0.1) is 6.04 Å². The van der Waals surface area contributed by atoms with Gasteiger partial charge in [0.1, 0.15) is 0 Å². The summed E-state index contributed by atoms with van der Waals surface area (Å²) in [5, 5.41) is 6.42. The van der Waals surface area contributed by atoms with Gasteiger partial charge >= 0.3 is 0 Å². The van der Waals surface area contributed by atoms with Crippen LogP contribution in [0.1, 0.15) is 30.2 Å². The Balaban J connectivity index is 2.04. The first-order chi connectivity index (χ1) is 6.92. The van der Waals surface area contributed by atoms with Crippen molar-refractivity contribution >= 4 is 23.1 Å². The summed E-state index contributed by atoms with van der Waals surface area (Å²) in [7, 11) is 2.08. The van der Waals surface area contributed by atoms with Gasteiger partial charge in [-0.15, -0.1) is 11.3 Å². The molecule has 0 aromatic carbocycles. The first-order valence-corrected chi connectivity index (χ1v) is 7.17. The van der Waals surface area contributed by atoms with Gasteiger partial charge < -0.3 is 5.32 Å². The molecule has 1 aromatic rings. The summed E-state index contributed by atoms with van der Waals surface area (Å²) in [6.45, 7) is 0. The van der Waals surface area contributed by atoms with Gasteiger partial charge in [-0.25, -0.2) is 0 Å². The maximum Gasteiger partial charge on any atom is 0.0532 e. The Kier molecular flexibility index (Phi) is 3.90. The summed E-state index contributed by atoms with van der Waals surface area (Å²) in [6.07, 6.45) is 4.18. The number of nitrogens with one attached hydrogen (secondary N) is 1. The second-order valence-electron chi connectivity index (χ2n) is 3.69. The highest BCUT2D eigenvalue weighted by molar-refractivity contribution is 8.00. The SMILES string of the molecule is CNC(c1cccs1)C1CCCCS1. The minimum absolute atomic E-state index is 0.570. The lowest BCUT2D eigenvalue weighted by molar-refractivity contribution is 0.522. The van der Waals surface area contributed by atoms with Crippen LogP contribution < -0.4 is 5.32 Å². The van der Waals surface area contributed by atoms with Crippen LogP contribution in [0, 0.1) is 0 Å². The average Bonchev–Trinajstić information content (AvgIpc) is 2.74. The number of rotatable bonds is 3. The van der Waals surface area contributed by atoms with Crippen LogP contribution in [0.3, 0.4) is 0 Å². The zero-order chi connectivity index (χ0) is 9.80. The molecule has 3 heteroatoms. The second-order valence-corrected chi connectivity index (χ2v) is 6.01. The molecule has 0 saturated carbocycles. The van der Waals surface area contributed by atoms with E-state index in [4.69, 9.17) is 0 Å². The molecular weight excluding hydrogens is 210 g/mol. The highest BCUT2D eigenvalue weighted by Gasteiger charge is 2.24. The Morgan fingerprint density at radius 2 is 2.43 bits per heavy atom. The molecule has 1 saturated heterocycles. The van der Waals surface area contributed by atoms with Crippen LogP contribution in [0.4, 0.5) is 0 Å². The number of thiophene rings is 1. The third-order valence-corrected chi connectivity index (χ3v) is 5.16. The fourth-order valence-corrected chi connectivity index (χ4v) is 4.48. The van der Waals surface area contributed by atoms with Crippen molar-refractivity contribution in [3.8, 4) is 0 Å². The summed E-state index contributed by atoms with van der Waals surface area (Å²) < 4.78 is 0. The molecule has 0 spiro atoms. The molecule has 1 aliphatic rings. The van der Waals surface area contributed by atoms with Gasteiger partial charge in [-0.05, 0) is 37.1 Å². The second kappa shape index (κ2) is 5.19. The lowest BCUT2D eigenvalue weighted by atomic mass is 10.1. The highest BCUT2D eigenvalue weighted by atomic mass is 32.2. The van der Waals surface area contributed by atoms with Crippen molar-refractivity contribution in [1.82, 2.24) is 5.32 Å². The summed E-state index contributed by atoms with van der Waals surface area (Å²) in [5.74, 6) is 1.34. The summed E-state index contributed by atoms with van der Waals surface area (Å²) in [5.41, 5.74) is 0. The topological polar surface area (TPSA) is 12.0 Å². The molecule has 0 bridgehead atoms. The monoisotopic (exact) mass is 227 g/mol. The van der Waals surface area contributed by atoms with E-state index in [0.29, 0.717) is 6.04 Å². The van der Waals surface area contributed by atoms with Crippen molar-refractivity contribution in [3.05, 3.63) is 22.4 Å². The zero-order valence-corrected chi connectivity index (χ0v) is 10.2. The predicted octanol–water partition coefficient (Wildman–Crippen LogP) is 3.29. The molecule has 2 atom stereocenters. The molecule has 1 aromatic heterocycles. The molecule has 2 heterocycles. The first-order valence-electron chi connectivity index (χ1n) is 5.24. The molecule has 0 aliphatic carbocycles. The number of hydrogen-bond donors (Lipinski definition) is 1. The summed E-state index contributed by atoms with van der Waals surface area (Å²) in [4.78, 5) is 1.49. The van der Waals surface area contributed by atoms with Gasteiger partial charge in [0.25, 0.3) is 0 Å². The van der Waals surface area contributed by atoms with Crippen LogP contribution in [0.2, 0.25) is 0 Å². The van der Waals surface area contributed by atoms with Crippen LogP contribution in [-0.4, -0.2) is 18.1 Å². The molecule has 0 radical (unpaired) electrons. The van der Waals surface area contributed by atoms with E-state index in [1.807, 2.05) is 11.3 Å². The molecular formula is C11H17NS2. The number of thioether (sulfide) groups is 1. The van der Waals surface area contributed by atoms with Gasteiger partial charge in [0.2, 0.25) is 0 Å². The van der Waals surface area contributed by atoms with Crippen molar-refractivity contribution in [3.63, 3.8) is 0 Å². The zero-order valence-electron chi connectivity index (χ0n) is 8.53. The minimum atomic E-state index is 0.570. The van der Waals surface area contributed by atoms with Gasteiger partial charge in [-0.2, -0.15) is 11.8 Å². The molecule has 78 valence electrons. The standard InChI is InChI=1S/C11H17NS2/c1-12-11(10-6-4-8-14-10)9-5-2-3-7-13-9/h4,6,8-9,11-12H,2-3,5,7H2,1H3. The van der Waals surface area contributed by atoms with Crippen molar-refractivity contribution in [2.45, 2.75) is 30.6 Å². The summed E-state index contributed by atoms with van der Waals surface area (Å²) >= 11 is 4.01. The van der Waals surface area contributed by atoms with Gasteiger partial charge in [-0.1, -0.05) is 12.5 Å². The van der Waals surface area contributed by atoms with E-state index in [9.17, 15) is 0 Å². The van der Waals surface area contributed by atoms with Crippen LogP contribution >= 0.6 is 23.1 Å². The average molecular weight is 227 g/mol. The smallest absolute Gasteiger partial charge is 0.0532 e. The van der Waals surface area contributed by atoms with Gasteiger partial charge in [-0.3, -0.25) is 0 Å². The molecule has 14 heavy (non-hydrogen) atoms. The Morgan fingerprint density at radius 1 is 1.50 bits per heavy atom. The van der Waals surface area contributed by atoms with E-state index >= 15 is 0 Å². The van der Waals surface area contributed by atoms with Crippen molar-refractivity contribution in [2.24, 2.45) is 0 Å². The lowest BCUT2D eigenvalue weighted by Crippen LogP contribution is -2.28. The third kappa shape index (κ3) is 2.33. The minimum Gasteiger partial charge on any atom is -0.311 e. The fourth-order valence-electron chi connectivity index (χ4n) is 2.01. The maximum atomic E-state index is 3.46. The molecule has 1 fully saturated rings. The molecule has 2 unspecified atom stereocenters. The Morgan fingerprint density at radius 3 is 3.00 bits per heavy atom. The van der Waals surface area contributed by atoms with E-state index < -0.39 is 0 Å². The molecule has 1 nitrogen and oxygen atoms in total. The first kappa shape index (κ1) is 10.5. The maximum absolute atomic E-state index is 3.46. The van der Waals surface area contributed by atoms with Gasteiger partial charge in [0.15, 0.2) is 0 Å². The molecule has 0 amide bonds.